The van der Waals surface area contributed by atoms with E-state index in [1.54, 1.807) is 30.3 Å². The standard InChI is InChI=1S/C20H21ClN2O6/c1-23(10-18(24)22-9-16-3-2-6-27-16)19(25)12-29-20(26)14-7-13-8-15(21)4-5-17(13)28-11-14/h2-6,8,14H,7,9-12H2,1H3,(H,22,24)/t14-/m1/s1. The Hall–Kier alpha value is -3.00. The second kappa shape index (κ2) is 9.47. The zero-order valence-corrected chi connectivity index (χ0v) is 16.6. The van der Waals surface area contributed by atoms with Gasteiger partial charge in [0, 0.05) is 12.1 Å². The van der Waals surface area contributed by atoms with Crippen molar-refractivity contribution in [2.75, 3.05) is 26.8 Å². The van der Waals surface area contributed by atoms with Gasteiger partial charge in [-0.2, -0.15) is 0 Å². The lowest BCUT2D eigenvalue weighted by Crippen LogP contribution is -2.40. The van der Waals surface area contributed by atoms with E-state index in [4.69, 9.17) is 25.5 Å². The van der Waals surface area contributed by atoms with Crippen LogP contribution in [0.25, 0.3) is 0 Å². The number of ether oxygens (including phenoxy) is 2. The third kappa shape index (κ3) is 5.74. The minimum absolute atomic E-state index is 0.157. The summed E-state index contributed by atoms with van der Waals surface area (Å²) in [4.78, 5) is 37.5. The number of nitrogens with one attached hydrogen (secondary N) is 1. The Morgan fingerprint density at radius 1 is 1.31 bits per heavy atom. The quantitative estimate of drug-likeness (QED) is 0.686. The molecule has 1 aliphatic heterocycles. The van der Waals surface area contributed by atoms with E-state index in [1.165, 1.54) is 18.2 Å². The minimum atomic E-state index is -0.528. The lowest BCUT2D eigenvalue weighted by Gasteiger charge is -2.24. The van der Waals surface area contributed by atoms with Crippen molar-refractivity contribution in [2.24, 2.45) is 5.92 Å². The summed E-state index contributed by atoms with van der Waals surface area (Å²) >= 11 is 5.97. The number of likely N-dealkylation sites (N-methyl/N-ethyl adjacent to an activating group) is 1. The molecular formula is C20H21ClN2O6. The maximum Gasteiger partial charge on any atom is 0.313 e. The van der Waals surface area contributed by atoms with Crippen LogP contribution < -0.4 is 10.1 Å². The molecule has 1 atom stereocenters. The highest BCUT2D eigenvalue weighted by molar-refractivity contribution is 6.30. The Balaban J connectivity index is 1.41. The number of halogens is 1. The van der Waals surface area contributed by atoms with Crippen LogP contribution in [0.1, 0.15) is 11.3 Å². The van der Waals surface area contributed by atoms with Crippen molar-refractivity contribution in [1.29, 1.82) is 0 Å². The highest BCUT2D eigenvalue weighted by Crippen LogP contribution is 2.30. The van der Waals surface area contributed by atoms with Crippen LogP contribution in [0, 0.1) is 5.92 Å². The first-order chi connectivity index (χ1) is 13.9. The van der Waals surface area contributed by atoms with Crippen molar-refractivity contribution in [1.82, 2.24) is 10.2 Å². The molecule has 0 radical (unpaired) electrons. The molecule has 0 saturated carbocycles. The van der Waals surface area contributed by atoms with Gasteiger partial charge in [0.25, 0.3) is 5.91 Å². The molecule has 9 heteroatoms. The van der Waals surface area contributed by atoms with Crippen molar-refractivity contribution >= 4 is 29.4 Å². The van der Waals surface area contributed by atoms with E-state index in [2.05, 4.69) is 5.32 Å². The molecule has 0 unspecified atom stereocenters. The van der Waals surface area contributed by atoms with Crippen LogP contribution >= 0.6 is 11.6 Å². The monoisotopic (exact) mass is 420 g/mol. The first-order valence-electron chi connectivity index (χ1n) is 9.03. The van der Waals surface area contributed by atoms with Crippen LogP contribution in [0.5, 0.6) is 5.75 Å². The van der Waals surface area contributed by atoms with E-state index in [9.17, 15) is 14.4 Å². The summed E-state index contributed by atoms with van der Waals surface area (Å²) in [7, 11) is 1.46. The summed E-state index contributed by atoms with van der Waals surface area (Å²) < 4.78 is 15.8. The topological polar surface area (TPSA) is 98.1 Å². The number of rotatable bonds is 7. The van der Waals surface area contributed by atoms with Crippen LogP contribution in [0.15, 0.2) is 41.0 Å². The fraction of sp³-hybridized carbons (Fsp3) is 0.350. The van der Waals surface area contributed by atoms with Crippen LogP contribution in [0.4, 0.5) is 0 Å². The summed E-state index contributed by atoms with van der Waals surface area (Å²) in [6.07, 6.45) is 1.93. The van der Waals surface area contributed by atoms with Crippen LogP contribution in [0.3, 0.4) is 0 Å². The molecule has 1 N–H and O–H groups in total. The molecule has 0 fully saturated rings. The second-order valence-electron chi connectivity index (χ2n) is 6.68. The molecule has 1 aromatic carbocycles. The van der Waals surface area contributed by atoms with Gasteiger partial charge in [0.2, 0.25) is 5.91 Å². The molecule has 1 aromatic heterocycles. The number of fused-ring (bicyclic) bond motifs is 1. The average Bonchev–Trinajstić information content (AvgIpc) is 3.23. The van der Waals surface area contributed by atoms with Gasteiger partial charge in [-0.1, -0.05) is 11.6 Å². The fourth-order valence-corrected chi connectivity index (χ4v) is 3.03. The van der Waals surface area contributed by atoms with Crippen molar-refractivity contribution < 1.29 is 28.3 Å². The van der Waals surface area contributed by atoms with Gasteiger partial charge in [0.1, 0.15) is 18.1 Å². The number of hydrogen-bond donors (Lipinski definition) is 1. The SMILES string of the molecule is CN(CC(=O)NCc1ccco1)C(=O)COC(=O)[C@H]1COc2ccc(Cl)cc2C1. The molecule has 3 rings (SSSR count). The second-order valence-corrected chi connectivity index (χ2v) is 7.11. The van der Waals surface area contributed by atoms with Crippen molar-refractivity contribution in [3.8, 4) is 5.75 Å². The van der Waals surface area contributed by atoms with Gasteiger partial charge in [-0.25, -0.2) is 0 Å². The molecule has 29 heavy (non-hydrogen) atoms. The first-order valence-corrected chi connectivity index (χ1v) is 9.41. The van der Waals surface area contributed by atoms with Gasteiger partial charge in [0.05, 0.1) is 25.3 Å². The maximum atomic E-state index is 12.3. The molecule has 0 bridgehead atoms. The number of nitrogens with zero attached hydrogens (tertiary/aromatic N) is 1. The number of carbonyl (C=O) groups excluding carboxylic acids is 3. The molecule has 2 heterocycles. The zero-order chi connectivity index (χ0) is 20.8. The minimum Gasteiger partial charge on any atom is -0.492 e. The number of amides is 2. The van der Waals surface area contributed by atoms with E-state index in [0.717, 1.165) is 5.56 Å². The lowest BCUT2D eigenvalue weighted by molar-refractivity contribution is -0.156. The molecule has 2 aromatic rings. The number of furan rings is 1. The molecule has 0 spiro atoms. The van der Waals surface area contributed by atoms with E-state index < -0.39 is 24.4 Å². The predicted molar refractivity (Wildman–Crippen MR) is 103 cm³/mol. The van der Waals surface area contributed by atoms with Crippen molar-refractivity contribution in [2.45, 2.75) is 13.0 Å². The van der Waals surface area contributed by atoms with Crippen molar-refractivity contribution in [3.63, 3.8) is 0 Å². The maximum absolute atomic E-state index is 12.3. The van der Waals surface area contributed by atoms with Gasteiger partial charge >= 0.3 is 5.97 Å². The Bertz CT molecular complexity index is 883. The number of esters is 1. The van der Waals surface area contributed by atoms with E-state index in [0.29, 0.717) is 23.0 Å². The Kier molecular flexibility index (Phi) is 6.77. The molecule has 154 valence electrons. The Labute approximate surface area is 172 Å². The summed E-state index contributed by atoms with van der Waals surface area (Å²) in [5, 5.41) is 3.20. The number of carbonyl (C=O) groups is 3. The third-order valence-electron chi connectivity index (χ3n) is 4.45. The normalized spacial score (nSPS) is 15.0. The average molecular weight is 421 g/mol. The van der Waals surface area contributed by atoms with E-state index >= 15 is 0 Å². The summed E-state index contributed by atoms with van der Waals surface area (Å²) in [5.41, 5.74) is 0.822. The fourth-order valence-electron chi connectivity index (χ4n) is 2.83. The highest BCUT2D eigenvalue weighted by Gasteiger charge is 2.28. The molecule has 0 aliphatic carbocycles. The van der Waals surface area contributed by atoms with Gasteiger partial charge in [-0.05, 0) is 42.3 Å². The largest absolute Gasteiger partial charge is 0.492 e. The first kappa shape index (κ1) is 20.7. The highest BCUT2D eigenvalue weighted by atomic mass is 35.5. The smallest absolute Gasteiger partial charge is 0.313 e. The molecule has 1 aliphatic rings. The Morgan fingerprint density at radius 3 is 2.90 bits per heavy atom. The van der Waals surface area contributed by atoms with E-state index in [-0.39, 0.29) is 25.6 Å². The van der Waals surface area contributed by atoms with Gasteiger partial charge in [-0.15, -0.1) is 0 Å². The van der Waals surface area contributed by atoms with Gasteiger partial charge in [-0.3, -0.25) is 14.4 Å². The molecule has 2 amide bonds. The number of hydrogen-bond acceptors (Lipinski definition) is 6. The summed E-state index contributed by atoms with van der Waals surface area (Å²) in [6, 6.07) is 8.68. The van der Waals surface area contributed by atoms with Crippen molar-refractivity contribution in [3.05, 3.63) is 52.9 Å². The summed E-state index contributed by atoms with van der Waals surface area (Å²) in [6.45, 7) is -0.197. The number of benzene rings is 1. The predicted octanol–water partition coefficient (Wildman–Crippen LogP) is 1.80. The molecule has 0 saturated heterocycles. The zero-order valence-electron chi connectivity index (χ0n) is 15.9. The van der Waals surface area contributed by atoms with Crippen LogP contribution in [-0.2, 0) is 32.1 Å². The lowest BCUT2D eigenvalue weighted by atomic mass is 9.97. The van der Waals surface area contributed by atoms with Crippen LogP contribution in [-0.4, -0.2) is 49.5 Å². The van der Waals surface area contributed by atoms with Gasteiger partial charge < -0.3 is 24.1 Å². The molecular weight excluding hydrogens is 400 g/mol. The Morgan fingerprint density at radius 2 is 2.14 bits per heavy atom. The summed E-state index contributed by atoms with van der Waals surface area (Å²) in [5.74, 6) is -0.576. The van der Waals surface area contributed by atoms with E-state index in [1.807, 2.05) is 0 Å². The third-order valence-corrected chi connectivity index (χ3v) is 4.68. The van der Waals surface area contributed by atoms with Crippen LogP contribution in [0.2, 0.25) is 5.02 Å². The molecule has 8 nitrogen and oxygen atoms in total. The van der Waals surface area contributed by atoms with Gasteiger partial charge in [0.15, 0.2) is 6.61 Å².